The fourth-order valence-electron chi connectivity index (χ4n) is 0.759. The summed E-state index contributed by atoms with van der Waals surface area (Å²) in [5.41, 5.74) is 0.844. The van der Waals surface area contributed by atoms with Gasteiger partial charge in [0.15, 0.2) is 10.4 Å². The molecule has 3 heteroatoms. The maximum Gasteiger partial charge on any atom is 0.215 e. The standard InChI is InChI=1S/C8H8NOSi/c1-7(10)9(11)8-5-3-2-4-6-8/h2-6H,1H3. The number of para-hydroxylation sites is 1. The number of nitrogens with zero attached hydrogens (tertiary/aromatic N) is 1. The monoisotopic (exact) mass is 162 g/mol. The maximum atomic E-state index is 10.8. The Labute approximate surface area is 69.3 Å². The van der Waals surface area contributed by atoms with Crippen LogP contribution in [0.2, 0.25) is 0 Å². The first-order valence-corrected chi connectivity index (χ1v) is 3.73. The molecule has 1 aromatic rings. The first-order valence-electron chi connectivity index (χ1n) is 3.29. The maximum absolute atomic E-state index is 10.8. The summed E-state index contributed by atoms with van der Waals surface area (Å²) in [6.07, 6.45) is 0. The highest BCUT2D eigenvalue weighted by Gasteiger charge is 2.02. The van der Waals surface area contributed by atoms with Gasteiger partial charge in [0.25, 0.3) is 0 Å². The third kappa shape index (κ3) is 1.91. The summed E-state index contributed by atoms with van der Waals surface area (Å²) >= 11 is 0. The second-order valence-electron chi connectivity index (χ2n) is 2.19. The highest BCUT2D eigenvalue weighted by atomic mass is 28.2. The zero-order valence-corrected chi connectivity index (χ0v) is 7.24. The first-order chi connectivity index (χ1) is 5.22. The van der Waals surface area contributed by atoms with Crippen LogP contribution in [0.1, 0.15) is 6.92 Å². The van der Waals surface area contributed by atoms with Crippen LogP contribution in [0.5, 0.6) is 0 Å². The molecule has 0 aliphatic heterocycles. The van der Waals surface area contributed by atoms with Crippen molar-refractivity contribution in [2.75, 3.05) is 4.57 Å². The topological polar surface area (TPSA) is 20.3 Å². The van der Waals surface area contributed by atoms with Gasteiger partial charge in [0.1, 0.15) is 0 Å². The minimum Gasteiger partial charge on any atom is -0.342 e. The molecule has 2 nitrogen and oxygen atoms in total. The molecule has 0 bridgehead atoms. The molecule has 0 aliphatic carbocycles. The van der Waals surface area contributed by atoms with Crippen molar-refractivity contribution < 1.29 is 4.79 Å². The van der Waals surface area contributed by atoms with E-state index in [0.717, 1.165) is 5.69 Å². The lowest BCUT2D eigenvalue weighted by atomic mass is 10.3. The zero-order chi connectivity index (χ0) is 8.27. The lowest BCUT2D eigenvalue weighted by Gasteiger charge is -2.13. The molecule has 3 radical (unpaired) electrons. The van der Waals surface area contributed by atoms with E-state index in [1.807, 2.05) is 30.3 Å². The van der Waals surface area contributed by atoms with E-state index in [2.05, 4.69) is 10.4 Å². The van der Waals surface area contributed by atoms with Crippen molar-refractivity contribution in [3.8, 4) is 0 Å². The Bertz CT molecular complexity index is 248. The van der Waals surface area contributed by atoms with E-state index >= 15 is 0 Å². The predicted octanol–water partition coefficient (Wildman–Crippen LogP) is 1.12. The van der Waals surface area contributed by atoms with Crippen LogP contribution >= 0.6 is 0 Å². The second kappa shape index (κ2) is 3.34. The molecule has 0 fully saturated rings. The molecule has 55 valence electrons. The predicted molar refractivity (Wildman–Crippen MR) is 45.4 cm³/mol. The summed E-state index contributed by atoms with van der Waals surface area (Å²) in [5, 5.41) is 0. The molecule has 0 spiro atoms. The number of carbonyl (C=O) groups excluding carboxylic acids is 1. The van der Waals surface area contributed by atoms with Crippen LogP contribution in [0, 0.1) is 0 Å². The number of rotatable bonds is 1. The number of hydrogen-bond acceptors (Lipinski definition) is 1. The highest BCUT2D eigenvalue weighted by Crippen LogP contribution is 2.09. The lowest BCUT2D eigenvalue weighted by Crippen LogP contribution is -2.24. The number of carbonyl (C=O) groups is 1. The quantitative estimate of drug-likeness (QED) is 0.567. The van der Waals surface area contributed by atoms with Gasteiger partial charge in [-0.2, -0.15) is 0 Å². The summed E-state index contributed by atoms with van der Waals surface area (Å²) in [7, 11) is 3.18. The second-order valence-corrected chi connectivity index (χ2v) is 2.64. The fraction of sp³-hybridized carbons (Fsp3) is 0.125. The Balaban J connectivity index is 2.85. The van der Waals surface area contributed by atoms with Gasteiger partial charge < -0.3 is 4.57 Å². The van der Waals surface area contributed by atoms with Crippen molar-refractivity contribution in [3.63, 3.8) is 0 Å². The smallest absolute Gasteiger partial charge is 0.215 e. The molecule has 1 aromatic carbocycles. The number of anilines is 1. The van der Waals surface area contributed by atoms with Gasteiger partial charge in [-0.25, -0.2) is 0 Å². The van der Waals surface area contributed by atoms with E-state index < -0.39 is 0 Å². The van der Waals surface area contributed by atoms with Crippen LogP contribution in [0.4, 0.5) is 5.69 Å². The van der Waals surface area contributed by atoms with E-state index in [1.54, 1.807) is 0 Å². The normalized spacial score (nSPS) is 9.27. The third-order valence-electron chi connectivity index (χ3n) is 1.33. The van der Waals surface area contributed by atoms with Crippen molar-refractivity contribution in [2.24, 2.45) is 0 Å². The third-order valence-corrected chi connectivity index (χ3v) is 1.90. The Kier molecular flexibility index (Phi) is 2.43. The van der Waals surface area contributed by atoms with Gasteiger partial charge in [0, 0.05) is 12.6 Å². The van der Waals surface area contributed by atoms with Gasteiger partial charge in [0.2, 0.25) is 5.91 Å². The van der Waals surface area contributed by atoms with Crippen LogP contribution < -0.4 is 4.57 Å². The average molecular weight is 162 g/mol. The molecule has 0 saturated heterocycles. The minimum atomic E-state index is -0.0344. The Morgan fingerprint density at radius 3 is 2.36 bits per heavy atom. The zero-order valence-electron chi connectivity index (χ0n) is 6.24. The molecule has 0 saturated carbocycles. The summed E-state index contributed by atoms with van der Waals surface area (Å²) in [6.45, 7) is 1.50. The van der Waals surface area contributed by atoms with Crippen molar-refractivity contribution in [1.29, 1.82) is 0 Å². The molecule has 0 heterocycles. The fourth-order valence-corrected chi connectivity index (χ4v) is 0.908. The van der Waals surface area contributed by atoms with E-state index in [0.29, 0.717) is 0 Å². The van der Waals surface area contributed by atoms with Crippen molar-refractivity contribution in [1.82, 2.24) is 0 Å². The summed E-state index contributed by atoms with van der Waals surface area (Å²) < 4.78 is 1.42. The summed E-state index contributed by atoms with van der Waals surface area (Å²) in [5.74, 6) is -0.0344. The van der Waals surface area contributed by atoms with E-state index in [9.17, 15) is 4.79 Å². The molecular formula is C8H8NOSi. The van der Waals surface area contributed by atoms with Crippen molar-refractivity contribution in [2.45, 2.75) is 6.92 Å². The van der Waals surface area contributed by atoms with Gasteiger partial charge in [-0.05, 0) is 12.1 Å². The number of benzene rings is 1. The number of amides is 1. The van der Waals surface area contributed by atoms with Crippen LogP contribution in [0.15, 0.2) is 30.3 Å². The van der Waals surface area contributed by atoms with Crippen LogP contribution in [0.25, 0.3) is 0 Å². The van der Waals surface area contributed by atoms with Gasteiger partial charge >= 0.3 is 0 Å². The Hall–Kier alpha value is -1.09. The van der Waals surface area contributed by atoms with Gasteiger partial charge in [-0.1, -0.05) is 18.2 Å². The van der Waals surface area contributed by atoms with Crippen molar-refractivity contribution >= 4 is 22.0 Å². The highest BCUT2D eigenvalue weighted by molar-refractivity contribution is 6.30. The summed E-state index contributed by atoms with van der Waals surface area (Å²) in [4.78, 5) is 10.8. The largest absolute Gasteiger partial charge is 0.342 e. The molecule has 0 N–H and O–H groups in total. The van der Waals surface area contributed by atoms with Crippen LogP contribution in [-0.2, 0) is 4.79 Å². The van der Waals surface area contributed by atoms with E-state index in [-0.39, 0.29) is 5.91 Å². The van der Waals surface area contributed by atoms with Gasteiger partial charge in [-0.3, -0.25) is 4.79 Å². The molecule has 0 aromatic heterocycles. The van der Waals surface area contributed by atoms with Crippen LogP contribution in [-0.4, -0.2) is 16.3 Å². The molecule has 11 heavy (non-hydrogen) atoms. The lowest BCUT2D eigenvalue weighted by molar-refractivity contribution is -0.115. The van der Waals surface area contributed by atoms with E-state index in [1.165, 1.54) is 11.5 Å². The van der Waals surface area contributed by atoms with Gasteiger partial charge in [0.05, 0.1) is 0 Å². The Morgan fingerprint density at radius 1 is 1.36 bits per heavy atom. The van der Waals surface area contributed by atoms with Crippen LogP contribution in [0.3, 0.4) is 0 Å². The van der Waals surface area contributed by atoms with E-state index in [4.69, 9.17) is 0 Å². The first kappa shape index (κ1) is 8.01. The average Bonchev–Trinajstić information content (AvgIpc) is 2.05. The molecule has 1 rings (SSSR count). The van der Waals surface area contributed by atoms with Crippen molar-refractivity contribution in [3.05, 3.63) is 30.3 Å². The minimum absolute atomic E-state index is 0.0344. The molecule has 1 amide bonds. The molecular weight excluding hydrogens is 154 g/mol. The van der Waals surface area contributed by atoms with Gasteiger partial charge in [-0.15, -0.1) is 0 Å². The molecule has 0 unspecified atom stereocenters. The SMILES string of the molecule is CC(=O)N([Si])c1ccccc1. The Morgan fingerprint density at radius 2 is 1.91 bits per heavy atom. The summed E-state index contributed by atoms with van der Waals surface area (Å²) in [6, 6.07) is 9.38. The number of hydrogen-bond donors (Lipinski definition) is 0. The molecule has 0 aliphatic rings. The molecule has 0 atom stereocenters.